The second kappa shape index (κ2) is 11.6. The molecule has 0 spiro atoms. The first-order valence-electron chi connectivity index (χ1n) is 13.0. The summed E-state index contributed by atoms with van der Waals surface area (Å²) in [6.45, 7) is 0.905. The number of nitrogens with zero attached hydrogens (tertiary/aromatic N) is 4. The summed E-state index contributed by atoms with van der Waals surface area (Å²) in [7, 11) is -3.14. The molecule has 3 aromatic rings. The highest BCUT2D eigenvalue weighted by atomic mass is 32.2. The van der Waals surface area contributed by atoms with Crippen molar-refractivity contribution in [3.05, 3.63) is 77.9 Å². The third-order valence-corrected chi connectivity index (χ3v) is 8.85. The molecule has 10 nitrogen and oxygen atoms in total. The maximum absolute atomic E-state index is 13.3. The standard InChI is InChI=1S/C27H31FN6O4S/c28-21-7-3-19(4-8-21)23-18-25(23)29-11-1-2-24(27(36)33-14-16-39(37,38)17-15-33)31-26(35)20-5-9-22(10-6-20)34-13-12-30-32-34/h3-10,12-13,23-25,29H,1-2,11,14-18H2,(H,31,35)/t23-,24-,25+/m0/s1. The number of rotatable bonds is 10. The van der Waals surface area contributed by atoms with Crippen LogP contribution >= 0.6 is 0 Å². The summed E-state index contributed by atoms with van der Waals surface area (Å²) in [5.41, 5.74) is 2.25. The van der Waals surface area contributed by atoms with E-state index in [2.05, 4.69) is 20.9 Å². The van der Waals surface area contributed by atoms with Gasteiger partial charge in [0.2, 0.25) is 5.91 Å². The summed E-state index contributed by atoms with van der Waals surface area (Å²) in [4.78, 5) is 27.9. The molecule has 1 aromatic heterocycles. The average Bonchev–Trinajstić information content (AvgIpc) is 3.49. The van der Waals surface area contributed by atoms with E-state index < -0.39 is 15.9 Å². The molecule has 2 heterocycles. The van der Waals surface area contributed by atoms with E-state index in [0.29, 0.717) is 36.9 Å². The van der Waals surface area contributed by atoms with Crippen LogP contribution in [0.15, 0.2) is 60.9 Å². The summed E-state index contributed by atoms with van der Waals surface area (Å²) < 4.78 is 38.5. The quantitative estimate of drug-likeness (QED) is 0.365. The summed E-state index contributed by atoms with van der Waals surface area (Å²) in [6, 6.07) is 12.9. The van der Waals surface area contributed by atoms with Gasteiger partial charge in [0.25, 0.3) is 5.91 Å². The molecule has 0 bridgehead atoms. The molecule has 39 heavy (non-hydrogen) atoms. The minimum absolute atomic E-state index is 0.0723. The van der Waals surface area contributed by atoms with Crippen LogP contribution < -0.4 is 10.6 Å². The first-order valence-corrected chi connectivity index (χ1v) is 14.9. The number of hydrogen-bond acceptors (Lipinski definition) is 7. The fraction of sp³-hybridized carbons (Fsp3) is 0.407. The highest BCUT2D eigenvalue weighted by Crippen LogP contribution is 2.40. The van der Waals surface area contributed by atoms with Crippen molar-refractivity contribution in [1.82, 2.24) is 30.5 Å². The fourth-order valence-corrected chi connectivity index (χ4v) is 6.06. The SMILES string of the molecule is O=C(N[C@@H](CCCN[C@@H]1C[C@H]1c1ccc(F)cc1)C(=O)N1CCS(=O)(=O)CC1)c1ccc(-n2ccnn2)cc1. The number of carbonyl (C=O) groups excluding carboxylic acids is 2. The normalized spacial score (nSPS) is 20.8. The molecule has 2 aliphatic rings. The molecular formula is C27H31FN6O4S. The number of aromatic nitrogens is 3. The lowest BCUT2D eigenvalue weighted by Crippen LogP contribution is -2.53. The van der Waals surface area contributed by atoms with E-state index in [-0.39, 0.29) is 42.2 Å². The Kier molecular flexibility index (Phi) is 8.03. The van der Waals surface area contributed by atoms with Gasteiger partial charge in [-0.05, 0) is 67.8 Å². The van der Waals surface area contributed by atoms with Crippen LogP contribution in [0, 0.1) is 5.82 Å². The molecule has 2 N–H and O–H groups in total. The summed E-state index contributed by atoms with van der Waals surface area (Å²) in [5.74, 6) is -0.700. The third kappa shape index (κ3) is 6.87. The maximum Gasteiger partial charge on any atom is 0.251 e. The Bertz CT molecular complexity index is 1380. The number of nitrogens with one attached hydrogen (secondary N) is 2. The lowest BCUT2D eigenvalue weighted by atomic mass is 10.1. The van der Waals surface area contributed by atoms with Crippen LogP contribution in [0.1, 0.15) is 41.1 Å². The van der Waals surface area contributed by atoms with Gasteiger partial charge in [0.05, 0.1) is 29.6 Å². The maximum atomic E-state index is 13.3. The van der Waals surface area contributed by atoms with Crippen LogP contribution in [-0.4, -0.2) is 83.3 Å². The Morgan fingerprint density at radius 2 is 1.77 bits per heavy atom. The second-order valence-electron chi connectivity index (χ2n) is 9.99. The van der Waals surface area contributed by atoms with E-state index in [1.54, 1.807) is 41.3 Å². The monoisotopic (exact) mass is 554 g/mol. The van der Waals surface area contributed by atoms with Gasteiger partial charge >= 0.3 is 0 Å². The second-order valence-corrected chi connectivity index (χ2v) is 12.3. The molecule has 1 saturated carbocycles. The van der Waals surface area contributed by atoms with Crippen molar-refractivity contribution < 1.29 is 22.4 Å². The van der Waals surface area contributed by atoms with Gasteiger partial charge in [0, 0.05) is 30.6 Å². The first kappa shape index (κ1) is 26.9. The first-order chi connectivity index (χ1) is 18.8. The number of benzene rings is 2. The lowest BCUT2D eigenvalue weighted by Gasteiger charge is -2.30. The molecule has 1 saturated heterocycles. The van der Waals surface area contributed by atoms with Gasteiger partial charge in [-0.3, -0.25) is 9.59 Å². The topological polar surface area (TPSA) is 126 Å². The molecular weight excluding hydrogens is 523 g/mol. The predicted octanol–water partition coefficient (Wildman–Crippen LogP) is 1.69. The Labute approximate surface area is 226 Å². The van der Waals surface area contributed by atoms with Crippen molar-refractivity contribution in [1.29, 1.82) is 0 Å². The number of halogens is 1. The zero-order valence-corrected chi connectivity index (χ0v) is 22.2. The third-order valence-electron chi connectivity index (χ3n) is 7.24. The Morgan fingerprint density at radius 3 is 2.44 bits per heavy atom. The van der Waals surface area contributed by atoms with Crippen molar-refractivity contribution in [2.75, 3.05) is 31.1 Å². The Morgan fingerprint density at radius 1 is 1.05 bits per heavy atom. The summed E-state index contributed by atoms with van der Waals surface area (Å²) in [6.07, 6.45) is 5.27. The van der Waals surface area contributed by atoms with Crippen molar-refractivity contribution >= 4 is 21.7 Å². The highest BCUT2D eigenvalue weighted by Gasteiger charge is 2.38. The fourth-order valence-electron chi connectivity index (χ4n) is 4.86. The van der Waals surface area contributed by atoms with Crippen LogP contribution in [-0.2, 0) is 14.6 Å². The number of hydrogen-bond donors (Lipinski definition) is 2. The van der Waals surface area contributed by atoms with Crippen LogP contribution in [0.3, 0.4) is 0 Å². The molecule has 2 aromatic carbocycles. The van der Waals surface area contributed by atoms with Crippen molar-refractivity contribution in [2.24, 2.45) is 0 Å². The molecule has 5 rings (SSSR count). The van der Waals surface area contributed by atoms with Crippen molar-refractivity contribution in [3.8, 4) is 5.69 Å². The largest absolute Gasteiger partial charge is 0.340 e. The highest BCUT2D eigenvalue weighted by molar-refractivity contribution is 7.91. The van der Waals surface area contributed by atoms with Crippen LogP contribution in [0.5, 0.6) is 0 Å². The Hall–Kier alpha value is -3.64. The predicted molar refractivity (Wildman–Crippen MR) is 143 cm³/mol. The van der Waals surface area contributed by atoms with E-state index in [0.717, 1.165) is 17.7 Å². The average molecular weight is 555 g/mol. The zero-order chi connectivity index (χ0) is 27.4. The van der Waals surface area contributed by atoms with Gasteiger partial charge in [-0.1, -0.05) is 17.3 Å². The van der Waals surface area contributed by atoms with Gasteiger partial charge < -0.3 is 15.5 Å². The number of carbonyl (C=O) groups is 2. The molecule has 1 aliphatic heterocycles. The van der Waals surface area contributed by atoms with E-state index in [9.17, 15) is 22.4 Å². The summed E-state index contributed by atoms with van der Waals surface area (Å²) >= 11 is 0. The Balaban J connectivity index is 1.18. The van der Waals surface area contributed by atoms with Gasteiger partial charge in [-0.25, -0.2) is 17.5 Å². The number of sulfone groups is 1. The molecule has 2 fully saturated rings. The van der Waals surface area contributed by atoms with E-state index in [1.807, 2.05) is 12.1 Å². The van der Waals surface area contributed by atoms with Gasteiger partial charge in [-0.15, -0.1) is 5.10 Å². The molecule has 3 atom stereocenters. The summed E-state index contributed by atoms with van der Waals surface area (Å²) in [5, 5.41) is 14.1. The minimum Gasteiger partial charge on any atom is -0.340 e. The molecule has 2 amide bonds. The van der Waals surface area contributed by atoms with Crippen molar-refractivity contribution in [3.63, 3.8) is 0 Å². The lowest BCUT2D eigenvalue weighted by molar-refractivity contribution is -0.133. The number of amides is 2. The van der Waals surface area contributed by atoms with Crippen LogP contribution in [0.25, 0.3) is 5.69 Å². The van der Waals surface area contributed by atoms with Gasteiger partial charge in [-0.2, -0.15) is 0 Å². The van der Waals surface area contributed by atoms with Gasteiger partial charge in [0.15, 0.2) is 9.84 Å². The molecule has 0 unspecified atom stereocenters. The van der Waals surface area contributed by atoms with E-state index in [1.165, 1.54) is 17.0 Å². The van der Waals surface area contributed by atoms with Crippen molar-refractivity contribution in [2.45, 2.75) is 37.3 Å². The molecule has 12 heteroatoms. The van der Waals surface area contributed by atoms with E-state index in [4.69, 9.17) is 0 Å². The van der Waals surface area contributed by atoms with E-state index >= 15 is 0 Å². The van der Waals surface area contributed by atoms with Gasteiger partial charge in [0.1, 0.15) is 11.9 Å². The molecule has 0 radical (unpaired) electrons. The van der Waals surface area contributed by atoms with Crippen LogP contribution in [0.2, 0.25) is 0 Å². The zero-order valence-electron chi connectivity index (χ0n) is 21.4. The molecule has 206 valence electrons. The molecule has 1 aliphatic carbocycles. The minimum atomic E-state index is -3.14. The smallest absolute Gasteiger partial charge is 0.251 e. The van der Waals surface area contributed by atoms with Crippen LogP contribution in [0.4, 0.5) is 4.39 Å².